The van der Waals surface area contributed by atoms with E-state index in [4.69, 9.17) is 9.84 Å². The number of rotatable bonds is 5. The van der Waals surface area contributed by atoms with Crippen LogP contribution in [0.5, 0.6) is 5.75 Å². The van der Waals surface area contributed by atoms with E-state index in [1.165, 1.54) is 25.3 Å². The van der Waals surface area contributed by atoms with Crippen LogP contribution >= 0.6 is 0 Å². The predicted molar refractivity (Wildman–Crippen MR) is 67.2 cm³/mol. The van der Waals surface area contributed by atoms with Crippen molar-refractivity contribution in [2.75, 3.05) is 19.0 Å². The Morgan fingerprint density at radius 2 is 2.22 bits per heavy atom. The zero-order valence-electron chi connectivity index (χ0n) is 9.90. The lowest BCUT2D eigenvalue weighted by Crippen LogP contribution is -2.29. The van der Waals surface area contributed by atoms with Gasteiger partial charge in [-0.3, -0.25) is 0 Å². The van der Waals surface area contributed by atoms with Gasteiger partial charge in [0.2, 0.25) is 0 Å². The maximum atomic E-state index is 11.4. The number of amides is 2. The van der Waals surface area contributed by atoms with Crippen molar-refractivity contribution in [3.63, 3.8) is 0 Å². The Balaban J connectivity index is 2.90. The van der Waals surface area contributed by atoms with Gasteiger partial charge in [0, 0.05) is 6.54 Å². The molecule has 0 saturated carbocycles. The Morgan fingerprint density at radius 3 is 2.78 bits per heavy atom. The maximum absolute atomic E-state index is 11.4. The number of urea groups is 1. The van der Waals surface area contributed by atoms with E-state index < -0.39 is 12.0 Å². The van der Waals surface area contributed by atoms with Crippen LogP contribution in [-0.2, 0) is 0 Å². The van der Waals surface area contributed by atoms with Crippen molar-refractivity contribution in [1.29, 1.82) is 0 Å². The number of nitrogens with one attached hydrogen (secondary N) is 2. The van der Waals surface area contributed by atoms with Crippen LogP contribution in [0.1, 0.15) is 10.4 Å². The molecule has 0 saturated heterocycles. The first-order valence-electron chi connectivity index (χ1n) is 5.15. The van der Waals surface area contributed by atoms with Crippen LogP contribution in [0.25, 0.3) is 0 Å². The summed E-state index contributed by atoms with van der Waals surface area (Å²) in [5.74, 6) is -0.739. The number of methoxy groups -OCH3 is 1. The minimum Gasteiger partial charge on any atom is -0.497 e. The monoisotopic (exact) mass is 250 g/mol. The first-order chi connectivity index (χ1) is 8.58. The average Bonchev–Trinajstić information content (AvgIpc) is 2.36. The molecule has 0 radical (unpaired) electrons. The molecule has 0 bridgehead atoms. The van der Waals surface area contributed by atoms with E-state index in [1.54, 1.807) is 6.07 Å². The number of ether oxygens (including phenoxy) is 1. The van der Waals surface area contributed by atoms with Gasteiger partial charge in [-0.15, -0.1) is 6.58 Å². The zero-order chi connectivity index (χ0) is 13.5. The summed E-state index contributed by atoms with van der Waals surface area (Å²) in [6, 6.07) is 3.87. The summed E-state index contributed by atoms with van der Waals surface area (Å²) in [4.78, 5) is 22.4. The van der Waals surface area contributed by atoms with E-state index in [9.17, 15) is 9.59 Å². The fraction of sp³-hybridized carbons (Fsp3) is 0.167. The largest absolute Gasteiger partial charge is 0.497 e. The molecule has 0 atom stereocenters. The lowest BCUT2D eigenvalue weighted by molar-refractivity contribution is 0.0697. The van der Waals surface area contributed by atoms with E-state index >= 15 is 0 Å². The molecule has 1 aromatic rings. The highest BCUT2D eigenvalue weighted by Crippen LogP contribution is 2.21. The molecule has 2 amide bonds. The van der Waals surface area contributed by atoms with Gasteiger partial charge in [-0.1, -0.05) is 6.08 Å². The van der Waals surface area contributed by atoms with Crippen LogP contribution in [0.3, 0.4) is 0 Å². The van der Waals surface area contributed by atoms with Crippen molar-refractivity contribution in [3.05, 3.63) is 36.4 Å². The minimum absolute atomic E-state index is 0.0388. The van der Waals surface area contributed by atoms with Crippen LogP contribution in [-0.4, -0.2) is 30.8 Å². The summed E-state index contributed by atoms with van der Waals surface area (Å²) >= 11 is 0. The standard InChI is InChI=1S/C12H14N2O4/c1-3-6-13-12(17)14-10-5-4-8(18-2)7-9(10)11(15)16/h3-5,7H,1,6H2,2H3,(H,15,16)(H2,13,14,17). The number of carbonyl (C=O) groups is 2. The van der Waals surface area contributed by atoms with Crippen molar-refractivity contribution < 1.29 is 19.4 Å². The molecule has 1 rings (SSSR count). The summed E-state index contributed by atoms with van der Waals surface area (Å²) in [5.41, 5.74) is 0.160. The molecule has 96 valence electrons. The van der Waals surface area contributed by atoms with Crippen molar-refractivity contribution in [2.24, 2.45) is 0 Å². The van der Waals surface area contributed by atoms with E-state index in [1.807, 2.05) is 0 Å². The van der Waals surface area contributed by atoms with Crippen LogP contribution < -0.4 is 15.4 Å². The first-order valence-corrected chi connectivity index (χ1v) is 5.15. The second-order valence-corrected chi connectivity index (χ2v) is 3.34. The molecule has 0 aliphatic rings. The molecule has 0 heterocycles. The molecule has 0 aromatic heterocycles. The van der Waals surface area contributed by atoms with Crippen LogP contribution in [0, 0.1) is 0 Å². The lowest BCUT2D eigenvalue weighted by Gasteiger charge is -2.10. The summed E-state index contributed by atoms with van der Waals surface area (Å²) in [6.07, 6.45) is 1.52. The number of benzene rings is 1. The van der Waals surface area contributed by atoms with Crippen LogP contribution in [0.4, 0.5) is 10.5 Å². The molecule has 0 unspecified atom stereocenters. The molecule has 18 heavy (non-hydrogen) atoms. The molecule has 6 heteroatoms. The van der Waals surface area contributed by atoms with Gasteiger partial charge in [0.05, 0.1) is 18.4 Å². The molecular formula is C12H14N2O4. The molecule has 1 aromatic carbocycles. The Kier molecular flexibility index (Phi) is 4.74. The number of carboxylic acids is 1. The number of anilines is 1. The fourth-order valence-corrected chi connectivity index (χ4v) is 1.27. The van der Waals surface area contributed by atoms with Crippen LogP contribution in [0.15, 0.2) is 30.9 Å². The quantitative estimate of drug-likeness (QED) is 0.694. The lowest BCUT2D eigenvalue weighted by atomic mass is 10.1. The van der Waals surface area contributed by atoms with Gasteiger partial charge in [0.1, 0.15) is 5.75 Å². The number of aromatic carboxylic acids is 1. The Labute approximate surface area is 104 Å². The molecule has 0 aliphatic heterocycles. The number of hydrogen-bond donors (Lipinski definition) is 3. The zero-order valence-corrected chi connectivity index (χ0v) is 9.90. The second kappa shape index (κ2) is 6.29. The molecular weight excluding hydrogens is 236 g/mol. The molecule has 0 spiro atoms. The third-order valence-electron chi connectivity index (χ3n) is 2.11. The normalized spacial score (nSPS) is 9.39. The minimum atomic E-state index is -1.15. The Morgan fingerprint density at radius 1 is 1.50 bits per heavy atom. The highest BCUT2D eigenvalue weighted by atomic mass is 16.5. The summed E-state index contributed by atoms with van der Waals surface area (Å²) < 4.78 is 4.92. The summed E-state index contributed by atoms with van der Waals surface area (Å²) in [5, 5.41) is 14.0. The van der Waals surface area contributed by atoms with Gasteiger partial charge in [-0.05, 0) is 18.2 Å². The van der Waals surface area contributed by atoms with Gasteiger partial charge < -0.3 is 20.5 Å². The maximum Gasteiger partial charge on any atom is 0.337 e. The predicted octanol–water partition coefficient (Wildman–Crippen LogP) is 1.70. The number of hydrogen-bond acceptors (Lipinski definition) is 3. The van der Waals surface area contributed by atoms with Crippen LogP contribution in [0.2, 0.25) is 0 Å². The summed E-state index contributed by atoms with van der Waals surface area (Å²) in [7, 11) is 1.44. The third kappa shape index (κ3) is 3.51. The van der Waals surface area contributed by atoms with E-state index in [-0.39, 0.29) is 11.3 Å². The number of carboxylic acid groups (broad SMARTS) is 1. The van der Waals surface area contributed by atoms with Crippen molar-refractivity contribution >= 4 is 17.7 Å². The van der Waals surface area contributed by atoms with E-state index in [0.29, 0.717) is 12.3 Å². The molecule has 3 N–H and O–H groups in total. The Bertz CT molecular complexity index is 471. The topological polar surface area (TPSA) is 87.7 Å². The Hall–Kier alpha value is -2.50. The SMILES string of the molecule is C=CCNC(=O)Nc1ccc(OC)cc1C(=O)O. The molecule has 0 aliphatic carbocycles. The second-order valence-electron chi connectivity index (χ2n) is 3.34. The van der Waals surface area contributed by atoms with Crippen molar-refractivity contribution in [1.82, 2.24) is 5.32 Å². The average molecular weight is 250 g/mol. The van der Waals surface area contributed by atoms with Crippen molar-refractivity contribution in [3.8, 4) is 5.75 Å². The molecule has 6 nitrogen and oxygen atoms in total. The van der Waals surface area contributed by atoms with Gasteiger partial charge in [0.25, 0.3) is 0 Å². The third-order valence-corrected chi connectivity index (χ3v) is 2.11. The van der Waals surface area contributed by atoms with Gasteiger partial charge in [0.15, 0.2) is 0 Å². The highest BCUT2D eigenvalue weighted by molar-refractivity contribution is 6.00. The number of carbonyl (C=O) groups excluding carboxylic acids is 1. The first kappa shape index (κ1) is 13.6. The van der Waals surface area contributed by atoms with E-state index in [2.05, 4.69) is 17.2 Å². The highest BCUT2D eigenvalue weighted by Gasteiger charge is 2.13. The molecule has 0 fully saturated rings. The van der Waals surface area contributed by atoms with Crippen molar-refractivity contribution in [2.45, 2.75) is 0 Å². The van der Waals surface area contributed by atoms with E-state index in [0.717, 1.165) is 0 Å². The van der Waals surface area contributed by atoms with Gasteiger partial charge in [-0.25, -0.2) is 9.59 Å². The van der Waals surface area contributed by atoms with Gasteiger partial charge in [-0.2, -0.15) is 0 Å². The summed E-state index contributed by atoms with van der Waals surface area (Å²) in [6.45, 7) is 3.75. The smallest absolute Gasteiger partial charge is 0.337 e. The van der Waals surface area contributed by atoms with Gasteiger partial charge >= 0.3 is 12.0 Å². The fourth-order valence-electron chi connectivity index (χ4n) is 1.27.